The summed E-state index contributed by atoms with van der Waals surface area (Å²) in [5, 5.41) is 2.65. The molecule has 0 amide bonds. The smallest absolute Gasteiger partial charge is 0.142 e. The van der Waals surface area contributed by atoms with Crippen LogP contribution >= 0.6 is 0 Å². The quantitative estimate of drug-likeness (QED) is 0.638. The van der Waals surface area contributed by atoms with Crippen molar-refractivity contribution in [3.05, 3.63) is 42.0 Å². The molecular weight excluding hydrogens is 270 g/mol. The summed E-state index contributed by atoms with van der Waals surface area (Å²) < 4.78 is 5.97. The molecule has 3 rings (SSSR count). The number of fused-ring (bicyclic) bond motifs is 3. The molecule has 0 atom stereocenters. The lowest BCUT2D eigenvalue weighted by Gasteiger charge is -2.29. The fourth-order valence-electron chi connectivity index (χ4n) is 3.30. The predicted octanol–water partition coefficient (Wildman–Crippen LogP) is 5.35. The molecule has 1 heterocycles. The average molecular weight is 297 g/mol. The van der Waals surface area contributed by atoms with Gasteiger partial charge in [0.25, 0.3) is 0 Å². The van der Waals surface area contributed by atoms with Crippen LogP contribution in [0.25, 0.3) is 10.8 Å². The van der Waals surface area contributed by atoms with E-state index < -0.39 is 0 Å². The Balaban J connectivity index is 1.57. The Labute approximate surface area is 134 Å². The van der Waals surface area contributed by atoms with Crippen LogP contribution in [0.2, 0.25) is 0 Å². The van der Waals surface area contributed by atoms with Crippen molar-refractivity contribution in [1.29, 1.82) is 0 Å². The van der Waals surface area contributed by atoms with Gasteiger partial charge in [-0.05, 0) is 23.3 Å². The molecule has 0 bridgehead atoms. The highest BCUT2D eigenvalue weighted by Crippen LogP contribution is 2.32. The molecule has 0 N–H and O–H groups in total. The Morgan fingerprint density at radius 3 is 2.68 bits per heavy atom. The summed E-state index contributed by atoms with van der Waals surface area (Å²) >= 11 is 0. The van der Waals surface area contributed by atoms with E-state index in [9.17, 15) is 0 Å². The van der Waals surface area contributed by atoms with Crippen molar-refractivity contribution in [2.45, 2.75) is 52.0 Å². The maximum Gasteiger partial charge on any atom is 0.142 e. The van der Waals surface area contributed by atoms with Crippen molar-refractivity contribution in [1.82, 2.24) is 4.90 Å². The first-order valence-electron chi connectivity index (χ1n) is 8.74. The van der Waals surface area contributed by atoms with Gasteiger partial charge in [0.05, 0.1) is 0 Å². The van der Waals surface area contributed by atoms with Crippen molar-refractivity contribution in [3.63, 3.8) is 0 Å². The van der Waals surface area contributed by atoms with Crippen molar-refractivity contribution < 1.29 is 4.74 Å². The van der Waals surface area contributed by atoms with Crippen LogP contribution in [0.15, 0.2) is 36.4 Å². The van der Waals surface area contributed by atoms with Crippen LogP contribution in [-0.4, -0.2) is 18.2 Å². The van der Waals surface area contributed by atoms with Crippen LogP contribution in [0, 0.1) is 0 Å². The minimum Gasteiger partial charge on any atom is -0.478 e. The maximum absolute atomic E-state index is 5.97. The number of hydrogen-bond donors (Lipinski definition) is 0. The third kappa shape index (κ3) is 3.61. The van der Waals surface area contributed by atoms with Gasteiger partial charge >= 0.3 is 0 Å². The highest BCUT2D eigenvalue weighted by Gasteiger charge is 2.18. The van der Waals surface area contributed by atoms with Crippen LogP contribution in [0.4, 0.5) is 0 Å². The van der Waals surface area contributed by atoms with Gasteiger partial charge in [0.15, 0.2) is 0 Å². The van der Waals surface area contributed by atoms with E-state index >= 15 is 0 Å². The molecule has 2 aromatic rings. The normalized spacial score (nSPS) is 14.8. The highest BCUT2D eigenvalue weighted by molar-refractivity contribution is 5.87. The Bertz CT molecular complexity index is 608. The SMILES string of the molecule is CCCCCCCCN1COc2ccc3ccccc3c2C1. The van der Waals surface area contributed by atoms with Gasteiger partial charge in [-0.2, -0.15) is 0 Å². The van der Waals surface area contributed by atoms with Gasteiger partial charge in [-0.15, -0.1) is 0 Å². The molecule has 22 heavy (non-hydrogen) atoms. The molecule has 2 nitrogen and oxygen atoms in total. The zero-order valence-electron chi connectivity index (χ0n) is 13.7. The van der Waals surface area contributed by atoms with E-state index in [-0.39, 0.29) is 0 Å². The third-order valence-corrected chi connectivity index (χ3v) is 4.61. The lowest BCUT2D eigenvalue weighted by molar-refractivity contribution is 0.0944. The third-order valence-electron chi connectivity index (χ3n) is 4.61. The van der Waals surface area contributed by atoms with E-state index in [0.29, 0.717) is 0 Å². The molecule has 1 aliphatic rings. The monoisotopic (exact) mass is 297 g/mol. The second-order valence-corrected chi connectivity index (χ2v) is 6.36. The molecule has 2 aromatic carbocycles. The van der Waals surface area contributed by atoms with Crippen molar-refractivity contribution in [2.24, 2.45) is 0 Å². The standard InChI is InChI=1S/C20H27NO/c1-2-3-4-5-6-9-14-21-15-19-18-11-8-7-10-17(18)12-13-20(19)22-16-21/h7-8,10-13H,2-6,9,14-16H2,1H3. The van der Waals surface area contributed by atoms with Gasteiger partial charge in [-0.3, -0.25) is 4.90 Å². The molecule has 0 unspecified atom stereocenters. The topological polar surface area (TPSA) is 12.5 Å². The van der Waals surface area contributed by atoms with Gasteiger partial charge < -0.3 is 4.74 Å². The highest BCUT2D eigenvalue weighted by atomic mass is 16.5. The summed E-state index contributed by atoms with van der Waals surface area (Å²) in [7, 11) is 0. The van der Waals surface area contributed by atoms with Gasteiger partial charge in [0, 0.05) is 18.7 Å². The molecule has 0 saturated carbocycles. The minimum absolute atomic E-state index is 0.736. The fraction of sp³-hybridized carbons (Fsp3) is 0.500. The number of nitrogens with zero attached hydrogens (tertiary/aromatic N) is 1. The molecule has 0 spiro atoms. The first-order valence-corrected chi connectivity index (χ1v) is 8.74. The lowest BCUT2D eigenvalue weighted by Crippen LogP contribution is -2.32. The Hall–Kier alpha value is -1.54. The van der Waals surface area contributed by atoms with Crippen LogP contribution in [0.5, 0.6) is 5.75 Å². The van der Waals surface area contributed by atoms with E-state index in [0.717, 1.165) is 25.6 Å². The summed E-state index contributed by atoms with van der Waals surface area (Å²) in [5.74, 6) is 1.07. The molecule has 0 aliphatic carbocycles. The number of hydrogen-bond acceptors (Lipinski definition) is 2. The van der Waals surface area contributed by atoms with E-state index in [1.54, 1.807) is 0 Å². The Morgan fingerprint density at radius 2 is 1.77 bits per heavy atom. The van der Waals surface area contributed by atoms with Crippen LogP contribution in [-0.2, 0) is 6.54 Å². The zero-order valence-corrected chi connectivity index (χ0v) is 13.7. The van der Waals surface area contributed by atoms with Gasteiger partial charge in [0.2, 0.25) is 0 Å². The zero-order chi connectivity index (χ0) is 15.2. The second kappa shape index (κ2) is 7.64. The van der Waals surface area contributed by atoms with Gasteiger partial charge in [0.1, 0.15) is 12.5 Å². The number of unbranched alkanes of at least 4 members (excludes halogenated alkanes) is 5. The Morgan fingerprint density at radius 1 is 0.955 bits per heavy atom. The van der Waals surface area contributed by atoms with Crippen LogP contribution < -0.4 is 4.74 Å². The van der Waals surface area contributed by atoms with E-state index in [2.05, 4.69) is 48.2 Å². The molecule has 1 aliphatic heterocycles. The summed E-state index contributed by atoms with van der Waals surface area (Å²) in [5.41, 5.74) is 1.36. The largest absolute Gasteiger partial charge is 0.478 e. The van der Waals surface area contributed by atoms with Crippen LogP contribution in [0.3, 0.4) is 0 Å². The summed E-state index contributed by atoms with van der Waals surface area (Å²) in [4.78, 5) is 2.44. The summed E-state index contributed by atoms with van der Waals surface area (Å²) in [6, 6.07) is 12.9. The molecule has 0 saturated heterocycles. The molecule has 118 valence electrons. The lowest BCUT2D eigenvalue weighted by atomic mass is 10.0. The second-order valence-electron chi connectivity index (χ2n) is 6.36. The molecule has 2 heteroatoms. The van der Waals surface area contributed by atoms with E-state index in [1.807, 2.05) is 0 Å². The van der Waals surface area contributed by atoms with Crippen LogP contribution in [0.1, 0.15) is 51.0 Å². The minimum atomic E-state index is 0.736. The predicted molar refractivity (Wildman–Crippen MR) is 93.2 cm³/mol. The fourth-order valence-corrected chi connectivity index (χ4v) is 3.30. The maximum atomic E-state index is 5.97. The van der Waals surface area contributed by atoms with Crippen molar-refractivity contribution >= 4 is 10.8 Å². The van der Waals surface area contributed by atoms with Crippen molar-refractivity contribution in [2.75, 3.05) is 13.3 Å². The summed E-state index contributed by atoms with van der Waals surface area (Å²) in [6.07, 6.45) is 8.10. The van der Waals surface area contributed by atoms with Gasteiger partial charge in [-0.1, -0.05) is 69.4 Å². The number of ether oxygens (including phenoxy) is 1. The first kappa shape index (κ1) is 15.4. The Kier molecular flexibility index (Phi) is 5.33. The summed E-state index contributed by atoms with van der Waals surface area (Å²) in [6.45, 7) is 5.17. The van der Waals surface area contributed by atoms with E-state index in [4.69, 9.17) is 4.74 Å². The van der Waals surface area contributed by atoms with Crippen molar-refractivity contribution in [3.8, 4) is 5.75 Å². The molecular formula is C20H27NO. The molecule has 0 fully saturated rings. The average Bonchev–Trinajstić information content (AvgIpc) is 2.58. The number of benzene rings is 2. The first-order chi connectivity index (χ1) is 10.9. The van der Waals surface area contributed by atoms with Gasteiger partial charge in [-0.25, -0.2) is 0 Å². The molecule has 0 aromatic heterocycles. The molecule has 0 radical (unpaired) electrons. The number of rotatable bonds is 7. The van der Waals surface area contributed by atoms with E-state index in [1.165, 1.54) is 54.9 Å².